The standard InChI is InChI=1S/C9H17N3O/c1-3-10-6-9-7-11-12(4-5-13)8(9)2/h7,10,13H,3-6H2,1-2H3. The fourth-order valence-electron chi connectivity index (χ4n) is 1.24. The molecule has 1 aromatic heterocycles. The smallest absolute Gasteiger partial charge is 0.0643 e. The van der Waals surface area contributed by atoms with E-state index in [0.717, 1.165) is 18.8 Å². The van der Waals surface area contributed by atoms with Crippen LogP contribution in [0.15, 0.2) is 6.20 Å². The summed E-state index contributed by atoms with van der Waals surface area (Å²) in [6, 6.07) is 0. The van der Waals surface area contributed by atoms with Gasteiger partial charge in [0.25, 0.3) is 0 Å². The number of rotatable bonds is 5. The lowest BCUT2D eigenvalue weighted by Gasteiger charge is -2.03. The number of aromatic nitrogens is 2. The van der Waals surface area contributed by atoms with Crippen molar-refractivity contribution in [3.8, 4) is 0 Å². The van der Waals surface area contributed by atoms with Crippen molar-refractivity contribution < 1.29 is 5.11 Å². The van der Waals surface area contributed by atoms with Gasteiger partial charge in [-0.3, -0.25) is 4.68 Å². The van der Waals surface area contributed by atoms with Gasteiger partial charge in [0.15, 0.2) is 0 Å². The van der Waals surface area contributed by atoms with Crippen molar-refractivity contribution in [3.05, 3.63) is 17.5 Å². The largest absolute Gasteiger partial charge is 0.394 e. The van der Waals surface area contributed by atoms with Gasteiger partial charge in [0, 0.05) is 17.8 Å². The summed E-state index contributed by atoms with van der Waals surface area (Å²) < 4.78 is 1.83. The molecular weight excluding hydrogens is 166 g/mol. The van der Waals surface area contributed by atoms with Gasteiger partial charge in [-0.15, -0.1) is 0 Å². The first kappa shape index (κ1) is 10.2. The summed E-state index contributed by atoms with van der Waals surface area (Å²) in [4.78, 5) is 0. The highest BCUT2D eigenvalue weighted by Crippen LogP contribution is 2.05. The van der Waals surface area contributed by atoms with E-state index in [2.05, 4.69) is 17.3 Å². The Labute approximate surface area is 78.6 Å². The minimum atomic E-state index is 0.142. The van der Waals surface area contributed by atoms with Crippen LogP contribution in [0.1, 0.15) is 18.2 Å². The number of hydrogen-bond donors (Lipinski definition) is 2. The zero-order valence-corrected chi connectivity index (χ0v) is 8.25. The molecule has 0 radical (unpaired) electrons. The van der Waals surface area contributed by atoms with Crippen LogP contribution in [0.2, 0.25) is 0 Å². The van der Waals surface area contributed by atoms with E-state index >= 15 is 0 Å². The summed E-state index contributed by atoms with van der Waals surface area (Å²) in [5.74, 6) is 0. The molecule has 0 bridgehead atoms. The van der Waals surface area contributed by atoms with E-state index in [1.807, 2.05) is 17.8 Å². The van der Waals surface area contributed by atoms with Crippen molar-refractivity contribution in [1.29, 1.82) is 0 Å². The molecule has 1 heterocycles. The molecule has 0 spiro atoms. The van der Waals surface area contributed by atoms with E-state index in [-0.39, 0.29) is 6.61 Å². The molecular formula is C9H17N3O. The van der Waals surface area contributed by atoms with Crippen molar-refractivity contribution >= 4 is 0 Å². The normalized spacial score (nSPS) is 10.7. The van der Waals surface area contributed by atoms with Crippen LogP contribution >= 0.6 is 0 Å². The fourth-order valence-corrected chi connectivity index (χ4v) is 1.24. The van der Waals surface area contributed by atoms with Crippen LogP contribution in [0, 0.1) is 6.92 Å². The number of aliphatic hydroxyl groups excluding tert-OH is 1. The second-order valence-corrected chi connectivity index (χ2v) is 2.98. The van der Waals surface area contributed by atoms with Gasteiger partial charge in [0.2, 0.25) is 0 Å². The average Bonchev–Trinajstić information content (AvgIpc) is 2.46. The van der Waals surface area contributed by atoms with Crippen LogP contribution in [0.25, 0.3) is 0 Å². The van der Waals surface area contributed by atoms with E-state index in [9.17, 15) is 0 Å². The Morgan fingerprint density at radius 3 is 3.00 bits per heavy atom. The van der Waals surface area contributed by atoms with Gasteiger partial charge in [-0.2, -0.15) is 5.10 Å². The Kier molecular flexibility index (Phi) is 3.92. The van der Waals surface area contributed by atoms with Crippen molar-refractivity contribution in [2.24, 2.45) is 0 Å². The molecule has 4 heteroatoms. The molecule has 0 amide bonds. The Balaban J connectivity index is 2.62. The molecule has 1 aromatic rings. The predicted molar refractivity (Wildman–Crippen MR) is 51.4 cm³/mol. The summed E-state index contributed by atoms with van der Waals surface area (Å²) in [5.41, 5.74) is 2.34. The molecule has 0 saturated heterocycles. The lowest BCUT2D eigenvalue weighted by Crippen LogP contribution is -2.13. The summed E-state index contributed by atoms with van der Waals surface area (Å²) in [7, 11) is 0. The minimum Gasteiger partial charge on any atom is -0.394 e. The van der Waals surface area contributed by atoms with Gasteiger partial charge >= 0.3 is 0 Å². The summed E-state index contributed by atoms with van der Waals surface area (Å²) in [5, 5.41) is 16.2. The van der Waals surface area contributed by atoms with Crippen LogP contribution in [-0.2, 0) is 13.1 Å². The van der Waals surface area contributed by atoms with E-state index in [4.69, 9.17) is 5.11 Å². The highest BCUT2D eigenvalue weighted by molar-refractivity contribution is 5.15. The summed E-state index contributed by atoms with van der Waals surface area (Å²) in [6.07, 6.45) is 1.85. The number of aliphatic hydroxyl groups is 1. The van der Waals surface area contributed by atoms with E-state index in [0.29, 0.717) is 6.54 Å². The Hall–Kier alpha value is -0.870. The van der Waals surface area contributed by atoms with Crippen molar-refractivity contribution in [2.75, 3.05) is 13.2 Å². The first-order chi connectivity index (χ1) is 6.29. The monoisotopic (exact) mass is 183 g/mol. The van der Waals surface area contributed by atoms with Crippen molar-refractivity contribution in [3.63, 3.8) is 0 Å². The van der Waals surface area contributed by atoms with Gasteiger partial charge in [-0.25, -0.2) is 0 Å². The van der Waals surface area contributed by atoms with Crippen LogP contribution in [-0.4, -0.2) is 28.0 Å². The molecule has 0 atom stereocenters. The molecule has 13 heavy (non-hydrogen) atoms. The maximum absolute atomic E-state index is 8.75. The quantitative estimate of drug-likeness (QED) is 0.690. The lowest BCUT2D eigenvalue weighted by atomic mass is 10.2. The third-order valence-electron chi connectivity index (χ3n) is 2.08. The van der Waals surface area contributed by atoms with Crippen molar-refractivity contribution in [2.45, 2.75) is 26.9 Å². The molecule has 4 nitrogen and oxygen atoms in total. The number of nitrogens with zero attached hydrogens (tertiary/aromatic N) is 2. The number of nitrogens with one attached hydrogen (secondary N) is 1. The van der Waals surface area contributed by atoms with Gasteiger partial charge in [-0.1, -0.05) is 6.92 Å². The van der Waals surface area contributed by atoms with Gasteiger partial charge in [0.05, 0.1) is 19.3 Å². The van der Waals surface area contributed by atoms with Gasteiger partial charge in [0.1, 0.15) is 0 Å². The maximum Gasteiger partial charge on any atom is 0.0643 e. The molecule has 0 aliphatic carbocycles. The molecule has 0 aliphatic heterocycles. The maximum atomic E-state index is 8.75. The highest BCUT2D eigenvalue weighted by Gasteiger charge is 2.04. The van der Waals surface area contributed by atoms with Crippen LogP contribution in [0.5, 0.6) is 0 Å². The topological polar surface area (TPSA) is 50.1 Å². The minimum absolute atomic E-state index is 0.142. The highest BCUT2D eigenvalue weighted by atomic mass is 16.3. The molecule has 74 valence electrons. The molecule has 0 unspecified atom stereocenters. The Morgan fingerprint density at radius 2 is 2.38 bits per heavy atom. The van der Waals surface area contributed by atoms with Gasteiger partial charge in [-0.05, 0) is 13.5 Å². The molecule has 1 rings (SSSR count). The predicted octanol–water partition coefficient (Wildman–Crippen LogP) is 0.293. The average molecular weight is 183 g/mol. The second kappa shape index (κ2) is 4.99. The number of hydrogen-bond acceptors (Lipinski definition) is 3. The first-order valence-corrected chi connectivity index (χ1v) is 4.62. The van der Waals surface area contributed by atoms with Gasteiger partial charge < -0.3 is 10.4 Å². The fraction of sp³-hybridized carbons (Fsp3) is 0.667. The van der Waals surface area contributed by atoms with E-state index < -0.39 is 0 Å². The van der Waals surface area contributed by atoms with Crippen LogP contribution in [0.4, 0.5) is 0 Å². The third kappa shape index (κ3) is 2.54. The lowest BCUT2D eigenvalue weighted by molar-refractivity contribution is 0.268. The molecule has 0 aliphatic rings. The first-order valence-electron chi connectivity index (χ1n) is 4.62. The molecule has 0 saturated carbocycles. The van der Waals surface area contributed by atoms with Crippen LogP contribution < -0.4 is 5.32 Å². The van der Waals surface area contributed by atoms with E-state index in [1.165, 1.54) is 5.56 Å². The summed E-state index contributed by atoms with van der Waals surface area (Å²) >= 11 is 0. The third-order valence-corrected chi connectivity index (χ3v) is 2.08. The summed E-state index contributed by atoms with van der Waals surface area (Å²) in [6.45, 7) is 6.64. The van der Waals surface area contributed by atoms with Crippen molar-refractivity contribution in [1.82, 2.24) is 15.1 Å². The SMILES string of the molecule is CCNCc1cnn(CCO)c1C. The Morgan fingerprint density at radius 1 is 1.62 bits per heavy atom. The molecule has 0 fully saturated rings. The molecule has 2 N–H and O–H groups in total. The Bertz CT molecular complexity index is 257. The molecule has 0 aromatic carbocycles. The van der Waals surface area contributed by atoms with E-state index in [1.54, 1.807) is 0 Å². The zero-order valence-electron chi connectivity index (χ0n) is 8.25. The van der Waals surface area contributed by atoms with Crippen LogP contribution in [0.3, 0.4) is 0 Å². The second-order valence-electron chi connectivity index (χ2n) is 2.98. The zero-order chi connectivity index (χ0) is 9.68.